The molecular formula is C16H19ClN2O. The van der Waals surface area contributed by atoms with Crippen LogP contribution in [0.5, 0.6) is 0 Å². The number of hydrogen-bond acceptors (Lipinski definition) is 2. The van der Waals surface area contributed by atoms with Gasteiger partial charge in [0.1, 0.15) is 5.82 Å². The van der Waals surface area contributed by atoms with Crippen LogP contribution in [0.1, 0.15) is 36.7 Å². The molecule has 20 heavy (non-hydrogen) atoms. The Bertz CT molecular complexity index is 647. The molecule has 106 valence electrons. The van der Waals surface area contributed by atoms with Crippen molar-refractivity contribution in [2.75, 3.05) is 6.61 Å². The quantitative estimate of drug-likeness (QED) is 0.804. The van der Waals surface area contributed by atoms with Crippen LogP contribution in [0, 0.1) is 12.8 Å². The summed E-state index contributed by atoms with van der Waals surface area (Å²) >= 11 is 6.14. The molecule has 2 fully saturated rings. The minimum Gasteiger partial charge on any atom is -0.376 e. The molecule has 4 rings (SSSR count). The molecule has 1 saturated carbocycles. The van der Waals surface area contributed by atoms with Crippen LogP contribution in [0.4, 0.5) is 0 Å². The SMILES string of the molecule is Cc1ccc2nc(CCl)n(C3CCOC3C3CC3)c2c1. The number of imidazole rings is 1. The Hall–Kier alpha value is -1.06. The van der Waals surface area contributed by atoms with Gasteiger partial charge in [0.2, 0.25) is 0 Å². The average molecular weight is 291 g/mol. The maximum Gasteiger partial charge on any atom is 0.125 e. The minimum absolute atomic E-state index is 0.356. The fourth-order valence-corrected chi connectivity index (χ4v) is 3.66. The van der Waals surface area contributed by atoms with E-state index in [1.807, 2.05) is 0 Å². The van der Waals surface area contributed by atoms with Crippen LogP contribution in [-0.4, -0.2) is 22.3 Å². The van der Waals surface area contributed by atoms with E-state index in [0.717, 1.165) is 30.3 Å². The van der Waals surface area contributed by atoms with Crippen LogP contribution in [0.25, 0.3) is 11.0 Å². The number of aryl methyl sites for hydroxylation is 1. The Morgan fingerprint density at radius 1 is 1.35 bits per heavy atom. The van der Waals surface area contributed by atoms with Gasteiger partial charge < -0.3 is 9.30 Å². The maximum absolute atomic E-state index is 6.14. The van der Waals surface area contributed by atoms with Crippen molar-refractivity contribution in [3.8, 4) is 0 Å². The smallest absolute Gasteiger partial charge is 0.125 e. The van der Waals surface area contributed by atoms with Crippen molar-refractivity contribution in [2.24, 2.45) is 5.92 Å². The lowest BCUT2D eigenvalue weighted by Gasteiger charge is -2.22. The largest absolute Gasteiger partial charge is 0.376 e. The van der Waals surface area contributed by atoms with Gasteiger partial charge in [0.15, 0.2) is 0 Å². The van der Waals surface area contributed by atoms with E-state index in [9.17, 15) is 0 Å². The van der Waals surface area contributed by atoms with Crippen molar-refractivity contribution in [3.63, 3.8) is 0 Å². The Morgan fingerprint density at radius 3 is 2.95 bits per heavy atom. The average Bonchev–Trinajstić information content (AvgIpc) is 3.07. The predicted molar refractivity (Wildman–Crippen MR) is 80.1 cm³/mol. The first kappa shape index (κ1) is 12.7. The summed E-state index contributed by atoms with van der Waals surface area (Å²) in [4.78, 5) is 4.71. The second-order valence-corrected chi connectivity index (χ2v) is 6.32. The molecule has 1 saturated heterocycles. The minimum atomic E-state index is 0.356. The van der Waals surface area contributed by atoms with Gasteiger partial charge in [-0.15, -0.1) is 11.6 Å². The van der Waals surface area contributed by atoms with Crippen LogP contribution in [0.2, 0.25) is 0 Å². The number of ether oxygens (including phenoxy) is 1. The molecule has 1 aromatic heterocycles. The zero-order valence-electron chi connectivity index (χ0n) is 11.7. The van der Waals surface area contributed by atoms with Crippen molar-refractivity contribution in [1.29, 1.82) is 0 Å². The highest BCUT2D eigenvalue weighted by Crippen LogP contribution is 2.44. The van der Waals surface area contributed by atoms with Crippen LogP contribution < -0.4 is 0 Å². The highest BCUT2D eigenvalue weighted by molar-refractivity contribution is 6.16. The summed E-state index contributed by atoms with van der Waals surface area (Å²) in [5.41, 5.74) is 3.52. The molecule has 0 spiro atoms. The van der Waals surface area contributed by atoms with E-state index >= 15 is 0 Å². The number of fused-ring (bicyclic) bond motifs is 1. The summed E-state index contributed by atoms with van der Waals surface area (Å²) < 4.78 is 8.35. The molecule has 2 atom stereocenters. The number of nitrogens with zero attached hydrogens (tertiary/aromatic N) is 2. The van der Waals surface area contributed by atoms with Crippen LogP contribution in [0.3, 0.4) is 0 Å². The molecule has 3 nitrogen and oxygen atoms in total. The second-order valence-electron chi connectivity index (χ2n) is 6.05. The van der Waals surface area contributed by atoms with Crippen molar-refractivity contribution >= 4 is 22.6 Å². The van der Waals surface area contributed by atoms with Crippen molar-refractivity contribution in [2.45, 2.75) is 44.2 Å². The number of aromatic nitrogens is 2. The molecule has 1 aromatic carbocycles. The molecular weight excluding hydrogens is 272 g/mol. The van der Waals surface area contributed by atoms with Crippen LogP contribution in [-0.2, 0) is 10.6 Å². The molecule has 2 aromatic rings. The van der Waals surface area contributed by atoms with Gasteiger partial charge >= 0.3 is 0 Å². The first-order valence-corrected chi connectivity index (χ1v) is 7.96. The number of halogens is 1. The summed E-state index contributed by atoms with van der Waals surface area (Å²) in [6.45, 7) is 2.99. The Labute approximate surface area is 123 Å². The molecule has 0 N–H and O–H groups in total. The van der Waals surface area contributed by atoms with E-state index in [-0.39, 0.29) is 0 Å². The zero-order chi connectivity index (χ0) is 13.7. The van der Waals surface area contributed by atoms with Gasteiger partial charge in [-0.2, -0.15) is 0 Å². The van der Waals surface area contributed by atoms with Crippen LogP contribution >= 0.6 is 11.6 Å². The Kier molecular flexibility index (Phi) is 3.00. The Balaban J connectivity index is 1.86. The molecule has 1 aliphatic carbocycles. The third kappa shape index (κ3) is 1.95. The van der Waals surface area contributed by atoms with E-state index in [0.29, 0.717) is 18.0 Å². The topological polar surface area (TPSA) is 27.1 Å². The fraction of sp³-hybridized carbons (Fsp3) is 0.562. The number of benzene rings is 1. The second kappa shape index (κ2) is 4.74. The van der Waals surface area contributed by atoms with Gasteiger partial charge in [-0.1, -0.05) is 6.07 Å². The van der Waals surface area contributed by atoms with Crippen molar-refractivity contribution < 1.29 is 4.74 Å². The summed E-state index contributed by atoms with van der Waals surface area (Å²) in [6.07, 6.45) is 4.05. The molecule has 2 heterocycles. The lowest BCUT2D eigenvalue weighted by atomic mass is 10.1. The molecule has 0 bridgehead atoms. The standard InChI is InChI=1S/C16H19ClN2O/c1-10-2-5-12-14(8-10)19(15(9-17)18-12)13-6-7-20-16(13)11-3-4-11/h2,5,8,11,13,16H,3-4,6-7,9H2,1H3. The zero-order valence-corrected chi connectivity index (χ0v) is 12.4. The lowest BCUT2D eigenvalue weighted by Crippen LogP contribution is -2.23. The summed E-state index contributed by atoms with van der Waals surface area (Å²) in [5, 5.41) is 0. The van der Waals surface area contributed by atoms with Crippen molar-refractivity contribution in [3.05, 3.63) is 29.6 Å². The summed E-state index contributed by atoms with van der Waals surface area (Å²) in [7, 11) is 0. The monoisotopic (exact) mass is 290 g/mol. The predicted octanol–water partition coefficient (Wildman–Crippen LogP) is 3.82. The molecule has 0 radical (unpaired) electrons. The highest BCUT2D eigenvalue weighted by atomic mass is 35.5. The Morgan fingerprint density at radius 2 is 2.20 bits per heavy atom. The van der Waals surface area contributed by atoms with Gasteiger partial charge in [0, 0.05) is 6.61 Å². The summed E-state index contributed by atoms with van der Waals surface area (Å²) in [5.74, 6) is 2.18. The van der Waals surface area contributed by atoms with E-state index in [1.165, 1.54) is 23.9 Å². The van der Waals surface area contributed by atoms with Crippen molar-refractivity contribution in [1.82, 2.24) is 9.55 Å². The van der Waals surface area contributed by atoms with Gasteiger partial charge in [-0.25, -0.2) is 4.98 Å². The van der Waals surface area contributed by atoms with Crippen LogP contribution in [0.15, 0.2) is 18.2 Å². The highest BCUT2D eigenvalue weighted by Gasteiger charge is 2.42. The van der Waals surface area contributed by atoms with Gasteiger partial charge in [0.25, 0.3) is 0 Å². The molecule has 1 aliphatic heterocycles. The number of hydrogen-bond donors (Lipinski definition) is 0. The number of rotatable bonds is 3. The van der Waals surface area contributed by atoms with E-state index < -0.39 is 0 Å². The van der Waals surface area contributed by atoms with E-state index in [1.54, 1.807) is 0 Å². The third-order valence-electron chi connectivity index (χ3n) is 4.56. The van der Waals surface area contributed by atoms with Gasteiger partial charge in [0.05, 0.1) is 29.1 Å². The van der Waals surface area contributed by atoms with Gasteiger partial charge in [-0.05, 0) is 49.8 Å². The first-order chi connectivity index (χ1) is 9.78. The van der Waals surface area contributed by atoms with E-state index in [4.69, 9.17) is 21.3 Å². The first-order valence-electron chi connectivity index (χ1n) is 7.43. The summed E-state index contributed by atoms with van der Waals surface area (Å²) in [6, 6.07) is 6.84. The van der Waals surface area contributed by atoms with Gasteiger partial charge in [-0.3, -0.25) is 0 Å². The lowest BCUT2D eigenvalue weighted by molar-refractivity contribution is 0.0754. The molecule has 2 aliphatic rings. The molecule has 2 unspecified atom stereocenters. The maximum atomic E-state index is 6.14. The normalized spacial score (nSPS) is 26.5. The molecule has 4 heteroatoms. The number of alkyl halides is 1. The molecule has 0 amide bonds. The third-order valence-corrected chi connectivity index (χ3v) is 4.80. The fourth-order valence-electron chi connectivity index (χ4n) is 3.47. The van der Waals surface area contributed by atoms with E-state index in [2.05, 4.69) is 29.7 Å².